The minimum absolute atomic E-state index is 0.180. The molecule has 0 saturated carbocycles. The summed E-state index contributed by atoms with van der Waals surface area (Å²) in [6.45, 7) is 5.02. The van der Waals surface area contributed by atoms with Crippen molar-refractivity contribution in [1.29, 1.82) is 0 Å². The lowest BCUT2D eigenvalue weighted by Gasteiger charge is -2.33. The topological polar surface area (TPSA) is 71.8 Å². The highest BCUT2D eigenvalue weighted by molar-refractivity contribution is 6.30. The van der Waals surface area contributed by atoms with E-state index in [9.17, 15) is 4.79 Å². The summed E-state index contributed by atoms with van der Waals surface area (Å²) in [7, 11) is 1.63. The van der Waals surface area contributed by atoms with Crippen LogP contribution in [0.15, 0.2) is 60.7 Å². The number of carbonyl (C=O) groups is 1. The van der Waals surface area contributed by atoms with Gasteiger partial charge in [-0.3, -0.25) is 4.79 Å². The number of fused-ring (bicyclic) bond motifs is 1. The summed E-state index contributed by atoms with van der Waals surface area (Å²) in [6, 6.07) is 19.4. The summed E-state index contributed by atoms with van der Waals surface area (Å²) in [5.41, 5.74) is 4.10. The number of halogens is 1. The second-order valence-electron chi connectivity index (χ2n) is 9.52. The molecule has 4 aromatic rings. The lowest BCUT2D eigenvalue weighted by atomic mass is 10.0. The van der Waals surface area contributed by atoms with Crippen LogP contribution in [0.5, 0.6) is 5.75 Å². The van der Waals surface area contributed by atoms with Crippen molar-refractivity contribution in [3.8, 4) is 28.3 Å². The van der Waals surface area contributed by atoms with E-state index < -0.39 is 0 Å². The predicted molar refractivity (Wildman–Crippen MR) is 147 cm³/mol. The molecule has 1 atom stereocenters. The first-order valence-electron chi connectivity index (χ1n) is 12.9. The minimum Gasteiger partial charge on any atom is -0.496 e. The maximum absolute atomic E-state index is 13.4. The van der Waals surface area contributed by atoms with E-state index in [0.717, 1.165) is 36.3 Å². The summed E-state index contributed by atoms with van der Waals surface area (Å²) >= 11 is 6.07. The third-order valence-corrected chi connectivity index (χ3v) is 7.28. The van der Waals surface area contributed by atoms with E-state index in [1.165, 1.54) is 19.3 Å². The van der Waals surface area contributed by atoms with Gasteiger partial charge in [0.1, 0.15) is 11.4 Å². The first-order chi connectivity index (χ1) is 18.0. The van der Waals surface area contributed by atoms with Gasteiger partial charge in [0.05, 0.1) is 18.5 Å². The van der Waals surface area contributed by atoms with Gasteiger partial charge in [-0.1, -0.05) is 42.3 Å². The van der Waals surface area contributed by atoms with Crippen LogP contribution in [0.4, 0.5) is 0 Å². The van der Waals surface area contributed by atoms with Gasteiger partial charge in [-0.25, -0.2) is 9.50 Å². The second kappa shape index (κ2) is 11.3. The van der Waals surface area contributed by atoms with Gasteiger partial charge in [0.2, 0.25) is 0 Å². The largest absolute Gasteiger partial charge is 0.496 e. The average Bonchev–Trinajstić information content (AvgIpc) is 3.36. The zero-order valence-corrected chi connectivity index (χ0v) is 22.0. The molecule has 0 bridgehead atoms. The molecule has 1 aliphatic rings. The molecule has 2 aromatic heterocycles. The number of rotatable bonds is 8. The lowest BCUT2D eigenvalue weighted by Crippen LogP contribution is -2.39. The fourth-order valence-corrected chi connectivity index (χ4v) is 5.08. The van der Waals surface area contributed by atoms with E-state index in [1.807, 2.05) is 54.6 Å². The van der Waals surface area contributed by atoms with Crippen LogP contribution in [0.25, 0.3) is 28.2 Å². The van der Waals surface area contributed by atoms with Gasteiger partial charge >= 0.3 is 0 Å². The molecule has 0 unspecified atom stereocenters. The molecule has 8 heteroatoms. The zero-order chi connectivity index (χ0) is 25.8. The Balaban J connectivity index is 1.44. The summed E-state index contributed by atoms with van der Waals surface area (Å²) in [6.07, 6.45) is 4.72. The third-order valence-electron chi connectivity index (χ3n) is 7.03. The number of likely N-dealkylation sites (tertiary alicyclic amines) is 1. The van der Waals surface area contributed by atoms with Crippen LogP contribution in [-0.4, -0.2) is 58.2 Å². The van der Waals surface area contributed by atoms with Crippen LogP contribution in [0.1, 0.15) is 43.1 Å². The molecular weight excluding hydrogens is 486 g/mol. The number of methoxy groups -OCH3 is 1. The molecule has 1 amide bonds. The Morgan fingerprint density at radius 2 is 1.92 bits per heavy atom. The second-order valence-corrected chi connectivity index (χ2v) is 9.96. The Morgan fingerprint density at radius 1 is 1.11 bits per heavy atom. The molecule has 3 heterocycles. The molecule has 1 aliphatic heterocycles. The monoisotopic (exact) mass is 517 g/mol. The maximum atomic E-state index is 13.4. The van der Waals surface area contributed by atoms with Crippen molar-refractivity contribution >= 4 is 23.2 Å². The zero-order valence-electron chi connectivity index (χ0n) is 21.3. The van der Waals surface area contributed by atoms with Crippen LogP contribution >= 0.6 is 11.6 Å². The highest BCUT2D eigenvalue weighted by atomic mass is 35.5. The van der Waals surface area contributed by atoms with Crippen LogP contribution in [0.3, 0.4) is 0 Å². The molecule has 1 saturated heterocycles. The average molecular weight is 518 g/mol. The highest BCUT2D eigenvalue weighted by Crippen LogP contribution is 2.30. The number of hydrogen-bond acceptors (Lipinski definition) is 5. The predicted octanol–water partition coefficient (Wildman–Crippen LogP) is 5.72. The number of carbonyl (C=O) groups excluding carboxylic acids is 1. The molecule has 2 aromatic carbocycles. The molecule has 1 N–H and O–H groups in total. The molecule has 0 spiro atoms. The van der Waals surface area contributed by atoms with Crippen LogP contribution in [-0.2, 0) is 0 Å². The van der Waals surface area contributed by atoms with Gasteiger partial charge in [-0.05, 0) is 63.1 Å². The number of hydrogen-bond donors (Lipinski definition) is 1. The van der Waals surface area contributed by atoms with Gasteiger partial charge in [0.25, 0.3) is 5.91 Å². The lowest BCUT2D eigenvalue weighted by molar-refractivity contribution is 0.0941. The van der Waals surface area contributed by atoms with Crippen molar-refractivity contribution in [2.75, 3.05) is 26.7 Å². The Bertz CT molecular complexity index is 1390. The number of nitrogens with zero attached hydrogens (tertiary/aromatic N) is 4. The molecule has 0 radical (unpaired) electrons. The Labute approximate surface area is 222 Å². The van der Waals surface area contributed by atoms with Gasteiger partial charge in [-0.15, -0.1) is 0 Å². The number of para-hydroxylation sites is 1. The van der Waals surface area contributed by atoms with Crippen LogP contribution < -0.4 is 10.1 Å². The molecule has 1 fully saturated rings. The van der Waals surface area contributed by atoms with Crippen molar-refractivity contribution < 1.29 is 9.53 Å². The Kier molecular flexibility index (Phi) is 7.72. The smallest absolute Gasteiger partial charge is 0.270 e. The normalized spacial score (nSPS) is 16.1. The van der Waals surface area contributed by atoms with Gasteiger partial charge in [0.15, 0.2) is 5.65 Å². The SMILES string of the molecule is COc1ccccc1-c1cc(C(=O)NCCCN2CCCC[C@H]2C)n2nc(-c3ccc(Cl)cc3)cc2n1. The summed E-state index contributed by atoms with van der Waals surface area (Å²) in [5, 5.41) is 8.50. The number of ether oxygens (including phenoxy) is 1. The van der Waals surface area contributed by atoms with Crippen molar-refractivity contribution in [2.45, 2.75) is 38.6 Å². The fraction of sp³-hybridized carbons (Fsp3) is 0.345. The standard InChI is InChI=1S/C29H32ClN5O2/c1-20-8-5-6-16-34(20)17-7-15-31-29(36)26-18-25(23-9-3-4-10-27(23)37-2)32-28-19-24(33-35(26)28)21-11-13-22(30)14-12-21/h3-4,9-14,18-20H,5-8,15-17H2,1-2H3,(H,31,36)/t20-/m1/s1. The van der Waals surface area contributed by atoms with E-state index in [-0.39, 0.29) is 5.91 Å². The van der Waals surface area contributed by atoms with E-state index in [0.29, 0.717) is 40.4 Å². The van der Waals surface area contributed by atoms with Gasteiger partial charge in [-0.2, -0.15) is 5.10 Å². The number of nitrogens with one attached hydrogen (secondary N) is 1. The van der Waals surface area contributed by atoms with Crippen molar-refractivity contribution in [2.24, 2.45) is 0 Å². The van der Waals surface area contributed by atoms with Gasteiger partial charge in [0, 0.05) is 41.3 Å². The maximum Gasteiger partial charge on any atom is 0.270 e. The quantitative estimate of drug-likeness (QED) is 0.303. The number of benzene rings is 2. The number of piperidine rings is 1. The van der Waals surface area contributed by atoms with Crippen molar-refractivity contribution in [1.82, 2.24) is 24.8 Å². The molecule has 37 heavy (non-hydrogen) atoms. The summed E-state index contributed by atoms with van der Waals surface area (Å²) in [4.78, 5) is 20.8. The highest BCUT2D eigenvalue weighted by Gasteiger charge is 2.20. The molecule has 7 nitrogen and oxygen atoms in total. The Morgan fingerprint density at radius 3 is 2.70 bits per heavy atom. The summed E-state index contributed by atoms with van der Waals surface area (Å²) in [5.74, 6) is 0.514. The van der Waals surface area contributed by atoms with E-state index in [4.69, 9.17) is 26.4 Å². The number of aromatic nitrogens is 3. The fourth-order valence-electron chi connectivity index (χ4n) is 4.96. The molecule has 192 valence electrons. The summed E-state index contributed by atoms with van der Waals surface area (Å²) < 4.78 is 7.18. The van der Waals surface area contributed by atoms with Crippen molar-refractivity contribution in [3.63, 3.8) is 0 Å². The first-order valence-corrected chi connectivity index (χ1v) is 13.2. The van der Waals surface area contributed by atoms with Crippen LogP contribution in [0.2, 0.25) is 5.02 Å². The molecule has 5 rings (SSSR count). The Hall–Kier alpha value is -3.42. The van der Waals surface area contributed by atoms with E-state index in [1.54, 1.807) is 17.7 Å². The third kappa shape index (κ3) is 5.63. The van der Waals surface area contributed by atoms with E-state index in [2.05, 4.69) is 17.1 Å². The van der Waals surface area contributed by atoms with Crippen molar-refractivity contribution in [3.05, 3.63) is 71.4 Å². The molecular formula is C29H32ClN5O2. The first kappa shape index (κ1) is 25.2. The minimum atomic E-state index is -0.180. The number of amides is 1. The van der Waals surface area contributed by atoms with Gasteiger partial charge < -0.3 is 15.0 Å². The van der Waals surface area contributed by atoms with E-state index >= 15 is 0 Å². The molecule has 0 aliphatic carbocycles. The van der Waals surface area contributed by atoms with Crippen LogP contribution in [0, 0.1) is 0 Å².